The molecule has 1 atom stereocenters. The standard InChI is InChI=1S/C19H21N5S3/c1-2-5-14-12(10-25-19-23-16(20)9-17(21)24-19)22-18(27-14)15-8-11-6-3-4-7-13(11)26-15/h3-4,6-7,9,15H,2,5,8,10H2,1H3,(H4,20,21,23,24). The van der Waals surface area contributed by atoms with E-state index in [1.54, 1.807) is 17.8 Å². The third-order valence-electron chi connectivity index (χ3n) is 4.28. The topological polar surface area (TPSA) is 90.7 Å². The summed E-state index contributed by atoms with van der Waals surface area (Å²) >= 11 is 5.33. The third kappa shape index (κ3) is 4.23. The Morgan fingerprint density at radius 1 is 1.15 bits per heavy atom. The molecule has 27 heavy (non-hydrogen) atoms. The fourth-order valence-corrected chi connectivity index (χ4v) is 6.63. The minimum absolute atomic E-state index is 0.401. The van der Waals surface area contributed by atoms with Crippen molar-refractivity contribution in [1.29, 1.82) is 0 Å². The Labute approximate surface area is 171 Å². The van der Waals surface area contributed by atoms with Crippen LogP contribution in [0, 0.1) is 0 Å². The lowest BCUT2D eigenvalue weighted by atomic mass is 10.1. The fraction of sp³-hybridized carbons (Fsp3) is 0.316. The van der Waals surface area contributed by atoms with Crippen LogP contribution in [0.2, 0.25) is 0 Å². The molecule has 4 rings (SSSR count). The Balaban J connectivity index is 1.52. The number of hydrogen-bond donors (Lipinski definition) is 2. The van der Waals surface area contributed by atoms with Crippen molar-refractivity contribution in [2.24, 2.45) is 0 Å². The van der Waals surface area contributed by atoms with Gasteiger partial charge >= 0.3 is 0 Å². The number of benzene rings is 1. The number of nitrogens with two attached hydrogens (primary N) is 2. The quantitative estimate of drug-likeness (QED) is 0.444. The zero-order valence-electron chi connectivity index (χ0n) is 15.0. The van der Waals surface area contributed by atoms with Crippen molar-refractivity contribution in [3.8, 4) is 0 Å². The molecule has 0 amide bonds. The van der Waals surface area contributed by atoms with Gasteiger partial charge in [-0.1, -0.05) is 43.3 Å². The maximum atomic E-state index is 5.77. The van der Waals surface area contributed by atoms with Crippen LogP contribution in [0.25, 0.3) is 0 Å². The first-order chi connectivity index (χ1) is 13.1. The molecule has 2 aromatic heterocycles. The summed E-state index contributed by atoms with van der Waals surface area (Å²) in [6.07, 6.45) is 3.22. The molecule has 0 fully saturated rings. The van der Waals surface area contributed by atoms with Crippen LogP contribution < -0.4 is 11.5 Å². The summed E-state index contributed by atoms with van der Waals surface area (Å²) in [4.78, 5) is 16.3. The van der Waals surface area contributed by atoms with Crippen molar-refractivity contribution >= 4 is 46.5 Å². The molecule has 1 aliphatic rings. The Kier molecular flexibility index (Phi) is 5.56. The minimum atomic E-state index is 0.401. The van der Waals surface area contributed by atoms with Crippen LogP contribution in [0.15, 0.2) is 40.4 Å². The van der Waals surface area contributed by atoms with Crippen LogP contribution in [0.4, 0.5) is 11.6 Å². The van der Waals surface area contributed by atoms with E-state index in [4.69, 9.17) is 16.5 Å². The van der Waals surface area contributed by atoms with Crippen LogP contribution in [0.1, 0.15) is 39.7 Å². The summed E-state index contributed by atoms with van der Waals surface area (Å²) in [5.41, 5.74) is 14.1. The highest BCUT2D eigenvalue weighted by Gasteiger charge is 2.27. The number of anilines is 2. The monoisotopic (exact) mass is 415 g/mol. The maximum Gasteiger partial charge on any atom is 0.191 e. The number of hydrogen-bond acceptors (Lipinski definition) is 8. The molecule has 0 saturated carbocycles. The second-order valence-electron chi connectivity index (χ2n) is 6.38. The predicted octanol–water partition coefficient (Wildman–Crippen LogP) is 4.73. The lowest BCUT2D eigenvalue weighted by molar-refractivity contribution is 0.904. The number of fused-ring (bicyclic) bond motifs is 1. The number of thioether (sulfide) groups is 2. The highest BCUT2D eigenvalue weighted by Crippen LogP contribution is 2.47. The van der Waals surface area contributed by atoms with Crippen LogP contribution in [0.3, 0.4) is 0 Å². The highest BCUT2D eigenvalue weighted by atomic mass is 32.2. The van der Waals surface area contributed by atoms with E-state index in [0.29, 0.717) is 22.0 Å². The molecule has 0 aliphatic carbocycles. The molecular formula is C19H21N5S3. The Bertz CT molecular complexity index is 911. The summed E-state index contributed by atoms with van der Waals surface area (Å²) in [7, 11) is 0. The second kappa shape index (κ2) is 8.08. The Morgan fingerprint density at radius 2 is 1.93 bits per heavy atom. The predicted molar refractivity (Wildman–Crippen MR) is 115 cm³/mol. The van der Waals surface area contributed by atoms with Gasteiger partial charge in [0.15, 0.2) is 5.16 Å². The lowest BCUT2D eigenvalue weighted by Gasteiger charge is -2.03. The summed E-state index contributed by atoms with van der Waals surface area (Å²) in [5.74, 6) is 1.54. The molecule has 0 saturated heterocycles. The zero-order valence-corrected chi connectivity index (χ0v) is 17.5. The van der Waals surface area contributed by atoms with Gasteiger partial charge in [-0.3, -0.25) is 0 Å². The largest absolute Gasteiger partial charge is 0.383 e. The molecule has 1 aliphatic heterocycles. The summed E-state index contributed by atoms with van der Waals surface area (Å²) in [5, 5.41) is 2.25. The van der Waals surface area contributed by atoms with Crippen molar-refractivity contribution in [2.75, 3.05) is 11.5 Å². The molecule has 3 heterocycles. The molecule has 0 spiro atoms. The van der Waals surface area contributed by atoms with Gasteiger partial charge in [0.1, 0.15) is 16.6 Å². The van der Waals surface area contributed by atoms with Gasteiger partial charge in [-0.25, -0.2) is 15.0 Å². The lowest BCUT2D eigenvalue weighted by Crippen LogP contribution is -2.00. The van der Waals surface area contributed by atoms with Crippen molar-refractivity contribution in [3.63, 3.8) is 0 Å². The Hall–Kier alpha value is -1.77. The van der Waals surface area contributed by atoms with E-state index in [1.165, 1.54) is 20.3 Å². The van der Waals surface area contributed by atoms with E-state index < -0.39 is 0 Å². The van der Waals surface area contributed by atoms with Gasteiger partial charge in [0.05, 0.1) is 10.9 Å². The molecule has 1 unspecified atom stereocenters. The van der Waals surface area contributed by atoms with Crippen LogP contribution in [-0.4, -0.2) is 15.0 Å². The SMILES string of the molecule is CCCc1sc(C2Cc3ccccc3S2)nc1CSc1nc(N)cc(N)n1. The average molecular weight is 416 g/mol. The molecule has 0 bridgehead atoms. The number of nitrogens with zero attached hydrogens (tertiary/aromatic N) is 3. The van der Waals surface area contributed by atoms with Crippen molar-refractivity contribution in [1.82, 2.24) is 15.0 Å². The van der Waals surface area contributed by atoms with Gasteiger partial charge in [0, 0.05) is 21.6 Å². The summed E-state index contributed by atoms with van der Waals surface area (Å²) < 4.78 is 0. The second-order valence-corrected chi connectivity index (χ2v) is 9.68. The van der Waals surface area contributed by atoms with Crippen LogP contribution in [0.5, 0.6) is 0 Å². The van der Waals surface area contributed by atoms with Gasteiger partial charge in [-0.05, 0) is 24.5 Å². The number of aryl methyl sites for hydroxylation is 1. The van der Waals surface area contributed by atoms with Gasteiger partial charge in [-0.2, -0.15) is 0 Å². The Morgan fingerprint density at radius 3 is 2.67 bits per heavy atom. The van der Waals surface area contributed by atoms with Crippen LogP contribution in [-0.2, 0) is 18.6 Å². The molecule has 1 aromatic carbocycles. The minimum Gasteiger partial charge on any atom is -0.383 e. The fourth-order valence-electron chi connectivity index (χ4n) is 3.06. The molecule has 0 radical (unpaired) electrons. The van der Waals surface area contributed by atoms with E-state index in [1.807, 2.05) is 23.1 Å². The van der Waals surface area contributed by atoms with Crippen molar-refractivity contribution < 1.29 is 0 Å². The van der Waals surface area contributed by atoms with Gasteiger partial charge in [0.25, 0.3) is 0 Å². The maximum absolute atomic E-state index is 5.77. The third-order valence-corrected chi connectivity index (χ3v) is 7.88. The number of aromatic nitrogens is 3. The van der Waals surface area contributed by atoms with E-state index >= 15 is 0 Å². The first kappa shape index (κ1) is 18.6. The van der Waals surface area contributed by atoms with Crippen molar-refractivity contribution in [2.45, 2.75) is 47.2 Å². The van der Waals surface area contributed by atoms with E-state index in [0.717, 1.165) is 30.7 Å². The summed E-state index contributed by atoms with van der Waals surface area (Å²) in [6.45, 7) is 2.21. The first-order valence-electron chi connectivity index (χ1n) is 8.88. The number of thiazole rings is 1. The summed E-state index contributed by atoms with van der Waals surface area (Å²) in [6, 6.07) is 10.2. The number of nitrogen functional groups attached to an aromatic ring is 2. The molecule has 3 aromatic rings. The molecule has 140 valence electrons. The first-order valence-corrected chi connectivity index (χ1v) is 11.6. The van der Waals surface area contributed by atoms with Crippen LogP contribution >= 0.6 is 34.9 Å². The smallest absolute Gasteiger partial charge is 0.191 e. The van der Waals surface area contributed by atoms with Gasteiger partial charge < -0.3 is 11.5 Å². The van der Waals surface area contributed by atoms with Gasteiger partial charge in [0.2, 0.25) is 0 Å². The van der Waals surface area contributed by atoms with E-state index in [9.17, 15) is 0 Å². The number of rotatable bonds is 6. The average Bonchev–Trinajstić information content (AvgIpc) is 3.23. The highest BCUT2D eigenvalue weighted by molar-refractivity contribution is 8.00. The molecule has 5 nitrogen and oxygen atoms in total. The van der Waals surface area contributed by atoms with E-state index in [-0.39, 0.29) is 0 Å². The van der Waals surface area contributed by atoms with Gasteiger partial charge in [-0.15, -0.1) is 23.1 Å². The van der Waals surface area contributed by atoms with Crippen molar-refractivity contribution in [3.05, 3.63) is 51.5 Å². The molecular weight excluding hydrogens is 394 g/mol. The molecule has 8 heteroatoms. The normalized spacial score (nSPS) is 15.8. The zero-order chi connectivity index (χ0) is 18.8. The molecule has 4 N–H and O–H groups in total. The van der Waals surface area contributed by atoms with E-state index in [2.05, 4.69) is 41.2 Å².